The second kappa shape index (κ2) is 8.15. The normalized spacial score (nSPS) is 20.9. The van der Waals surface area contributed by atoms with Crippen molar-refractivity contribution in [1.29, 1.82) is 0 Å². The molecule has 0 bridgehead atoms. The molecule has 2 aliphatic heterocycles. The number of aliphatic hydroxyl groups excluding tert-OH is 1. The zero-order valence-electron chi connectivity index (χ0n) is 15.7. The number of fused-ring (bicyclic) bond motifs is 1. The van der Waals surface area contributed by atoms with Gasteiger partial charge in [-0.3, -0.25) is 4.90 Å². The van der Waals surface area contributed by atoms with Crippen molar-refractivity contribution in [2.75, 3.05) is 39.5 Å². The van der Waals surface area contributed by atoms with Gasteiger partial charge in [-0.05, 0) is 46.5 Å². The van der Waals surface area contributed by atoms with Crippen LogP contribution in [0.25, 0.3) is 16.3 Å². The zero-order valence-corrected chi connectivity index (χ0v) is 15.7. The molecule has 2 aromatic carbocycles. The fourth-order valence-electron chi connectivity index (χ4n) is 3.81. The summed E-state index contributed by atoms with van der Waals surface area (Å²) in [7, 11) is 0. The Hall–Kier alpha value is -2.02. The molecule has 6 heteroatoms. The summed E-state index contributed by atoms with van der Waals surface area (Å²) in [6.07, 6.45) is 2.11. The van der Waals surface area contributed by atoms with Crippen LogP contribution < -0.4 is 4.74 Å². The maximum atomic E-state index is 13.2. The number of halogens is 2. The first-order chi connectivity index (χ1) is 13.5. The number of aliphatic hydroxyl groups is 1. The number of nitrogens with zero attached hydrogens (tertiary/aromatic N) is 1. The SMILES string of the molecule is OC(COc1ccc2cc(C3=CCOCC3)ccc2c1)CN1CCC(F)(F)C1. The van der Waals surface area contributed by atoms with E-state index in [-0.39, 0.29) is 26.1 Å². The van der Waals surface area contributed by atoms with Gasteiger partial charge in [-0.15, -0.1) is 0 Å². The fourth-order valence-corrected chi connectivity index (χ4v) is 3.81. The van der Waals surface area contributed by atoms with E-state index >= 15 is 0 Å². The number of likely N-dealkylation sites (tertiary alicyclic amines) is 1. The fraction of sp³-hybridized carbons (Fsp3) is 0.455. The zero-order chi connectivity index (χ0) is 19.6. The number of β-amino-alcohol motifs (C(OH)–C–C–N with tert-alkyl or cyclic N) is 1. The van der Waals surface area contributed by atoms with E-state index in [1.165, 1.54) is 11.1 Å². The third kappa shape index (κ3) is 4.69. The summed E-state index contributed by atoms with van der Waals surface area (Å²) in [5.74, 6) is -1.98. The van der Waals surface area contributed by atoms with Gasteiger partial charge in [0.2, 0.25) is 0 Å². The smallest absolute Gasteiger partial charge is 0.261 e. The number of benzene rings is 2. The van der Waals surface area contributed by atoms with Crippen LogP contribution in [0.2, 0.25) is 0 Å². The van der Waals surface area contributed by atoms with Crippen molar-refractivity contribution in [2.24, 2.45) is 0 Å². The summed E-state index contributed by atoms with van der Waals surface area (Å²) in [6.45, 7) is 1.73. The Morgan fingerprint density at radius 1 is 1.18 bits per heavy atom. The molecular formula is C22H25F2NO3. The van der Waals surface area contributed by atoms with Crippen molar-refractivity contribution >= 4 is 16.3 Å². The van der Waals surface area contributed by atoms with E-state index in [4.69, 9.17) is 9.47 Å². The van der Waals surface area contributed by atoms with E-state index < -0.39 is 12.0 Å². The highest BCUT2D eigenvalue weighted by molar-refractivity contribution is 5.87. The van der Waals surface area contributed by atoms with Crippen LogP contribution in [-0.4, -0.2) is 61.5 Å². The summed E-state index contributed by atoms with van der Waals surface area (Å²) >= 11 is 0. The minimum absolute atomic E-state index is 0.0819. The Labute approximate surface area is 163 Å². The second-order valence-electron chi connectivity index (χ2n) is 7.58. The Morgan fingerprint density at radius 3 is 2.75 bits per heavy atom. The summed E-state index contributed by atoms with van der Waals surface area (Å²) in [5, 5.41) is 12.3. The Kier molecular flexibility index (Phi) is 5.62. The molecule has 2 heterocycles. The number of hydrogen-bond donors (Lipinski definition) is 1. The van der Waals surface area contributed by atoms with Gasteiger partial charge in [0.05, 0.1) is 19.8 Å². The number of ether oxygens (including phenoxy) is 2. The van der Waals surface area contributed by atoms with Crippen molar-refractivity contribution in [2.45, 2.75) is 24.9 Å². The van der Waals surface area contributed by atoms with E-state index in [2.05, 4.69) is 24.3 Å². The van der Waals surface area contributed by atoms with Crippen LogP contribution in [0, 0.1) is 0 Å². The van der Waals surface area contributed by atoms with Crippen molar-refractivity contribution in [3.63, 3.8) is 0 Å². The lowest BCUT2D eigenvalue weighted by Crippen LogP contribution is -2.35. The van der Waals surface area contributed by atoms with E-state index in [1.54, 1.807) is 4.90 Å². The molecule has 0 radical (unpaired) electrons. The summed E-state index contributed by atoms with van der Waals surface area (Å²) in [4.78, 5) is 1.58. The number of rotatable bonds is 6. The molecule has 1 saturated heterocycles. The van der Waals surface area contributed by atoms with E-state index in [1.807, 2.05) is 18.2 Å². The summed E-state index contributed by atoms with van der Waals surface area (Å²) < 4.78 is 37.5. The van der Waals surface area contributed by atoms with Crippen molar-refractivity contribution in [3.05, 3.63) is 48.0 Å². The summed E-state index contributed by atoms with van der Waals surface area (Å²) in [5.41, 5.74) is 2.52. The van der Waals surface area contributed by atoms with Crippen LogP contribution in [0.5, 0.6) is 5.75 Å². The van der Waals surface area contributed by atoms with Gasteiger partial charge in [-0.25, -0.2) is 8.78 Å². The van der Waals surface area contributed by atoms with Crippen LogP contribution >= 0.6 is 0 Å². The predicted molar refractivity (Wildman–Crippen MR) is 105 cm³/mol. The highest BCUT2D eigenvalue weighted by Gasteiger charge is 2.38. The van der Waals surface area contributed by atoms with E-state index in [0.717, 1.165) is 23.8 Å². The Morgan fingerprint density at radius 2 is 2.00 bits per heavy atom. The first kappa shape index (κ1) is 19.3. The first-order valence-corrected chi connectivity index (χ1v) is 9.71. The predicted octanol–water partition coefficient (Wildman–Crippen LogP) is 3.72. The third-order valence-electron chi connectivity index (χ3n) is 5.31. The van der Waals surface area contributed by atoms with Gasteiger partial charge in [-0.2, -0.15) is 0 Å². The van der Waals surface area contributed by atoms with Gasteiger partial charge in [0, 0.05) is 19.5 Å². The molecule has 0 aromatic heterocycles. The molecule has 1 N–H and O–H groups in total. The van der Waals surface area contributed by atoms with Gasteiger partial charge < -0.3 is 14.6 Å². The van der Waals surface area contributed by atoms with E-state index in [9.17, 15) is 13.9 Å². The summed E-state index contributed by atoms with van der Waals surface area (Å²) in [6, 6.07) is 12.2. The molecule has 4 nitrogen and oxygen atoms in total. The first-order valence-electron chi connectivity index (χ1n) is 9.71. The Bertz CT molecular complexity index is 868. The molecule has 28 heavy (non-hydrogen) atoms. The minimum atomic E-state index is -2.64. The monoisotopic (exact) mass is 389 g/mol. The van der Waals surface area contributed by atoms with Crippen LogP contribution in [0.4, 0.5) is 8.78 Å². The van der Waals surface area contributed by atoms with Crippen LogP contribution in [0.15, 0.2) is 42.5 Å². The standard InChI is InChI=1S/C22H25F2NO3/c23-22(24)7-8-25(15-22)13-20(26)14-28-21-4-3-18-11-17(1-2-19(18)12-21)16-5-9-27-10-6-16/h1-5,11-12,20,26H,6-10,13-15H2. The third-order valence-corrected chi connectivity index (χ3v) is 5.31. The minimum Gasteiger partial charge on any atom is -0.491 e. The van der Waals surface area contributed by atoms with Gasteiger partial charge >= 0.3 is 0 Å². The largest absolute Gasteiger partial charge is 0.491 e. The number of hydrogen-bond acceptors (Lipinski definition) is 4. The van der Waals surface area contributed by atoms with Crippen molar-refractivity contribution < 1.29 is 23.4 Å². The lowest BCUT2D eigenvalue weighted by Gasteiger charge is -2.20. The molecule has 0 amide bonds. The van der Waals surface area contributed by atoms with Gasteiger partial charge in [0.15, 0.2) is 0 Å². The maximum Gasteiger partial charge on any atom is 0.261 e. The van der Waals surface area contributed by atoms with Crippen molar-refractivity contribution in [1.82, 2.24) is 4.90 Å². The molecular weight excluding hydrogens is 364 g/mol. The highest BCUT2D eigenvalue weighted by Crippen LogP contribution is 2.28. The van der Waals surface area contributed by atoms with Crippen LogP contribution in [0.3, 0.4) is 0 Å². The maximum absolute atomic E-state index is 13.2. The van der Waals surface area contributed by atoms with Gasteiger partial charge in [-0.1, -0.05) is 24.3 Å². The van der Waals surface area contributed by atoms with Gasteiger partial charge in [0.25, 0.3) is 5.92 Å². The molecule has 2 aromatic rings. The quantitative estimate of drug-likeness (QED) is 0.818. The van der Waals surface area contributed by atoms with Gasteiger partial charge in [0.1, 0.15) is 18.5 Å². The Balaban J connectivity index is 1.36. The molecule has 4 rings (SSSR count). The number of alkyl halides is 2. The van der Waals surface area contributed by atoms with Crippen LogP contribution in [-0.2, 0) is 4.74 Å². The molecule has 0 saturated carbocycles. The van der Waals surface area contributed by atoms with Crippen molar-refractivity contribution in [3.8, 4) is 5.75 Å². The highest BCUT2D eigenvalue weighted by atomic mass is 19.3. The lowest BCUT2D eigenvalue weighted by atomic mass is 9.98. The lowest BCUT2D eigenvalue weighted by molar-refractivity contribution is 0.00461. The average Bonchev–Trinajstić information content (AvgIpc) is 3.04. The molecule has 1 unspecified atom stereocenters. The molecule has 150 valence electrons. The van der Waals surface area contributed by atoms with Crippen LogP contribution in [0.1, 0.15) is 18.4 Å². The topological polar surface area (TPSA) is 41.9 Å². The van der Waals surface area contributed by atoms with E-state index in [0.29, 0.717) is 18.9 Å². The molecule has 1 atom stereocenters. The molecule has 0 spiro atoms. The average molecular weight is 389 g/mol. The second-order valence-corrected chi connectivity index (χ2v) is 7.58. The molecule has 0 aliphatic carbocycles. The molecule has 1 fully saturated rings. The molecule has 2 aliphatic rings.